The van der Waals surface area contributed by atoms with Gasteiger partial charge < -0.3 is 0 Å². The van der Waals surface area contributed by atoms with Crippen LogP contribution in [0.2, 0.25) is 0 Å². The molecule has 0 N–H and O–H groups in total. The lowest BCUT2D eigenvalue weighted by Gasteiger charge is -2.22. The summed E-state index contributed by atoms with van der Waals surface area (Å²) in [5.41, 5.74) is 4.42. The molecule has 0 aromatic carbocycles. The number of aryl methyl sites for hydroxylation is 1. The van der Waals surface area contributed by atoms with E-state index in [4.69, 9.17) is 5.10 Å². The van der Waals surface area contributed by atoms with E-state index in [1.165, 1.54) is 69.3 Å². The summed E-state index contributed by atoms with van der Waals surface area (Å²) in [5, 5.41) is 4.80. The molecule has 88 valence electrons. The molecule has 3 rings (SSSR count). The molecule has 0 unspecified atom stereocenters. The van der Waals surface area contributed by atoms with Gasteiger partial charge in [0.25, 0.3) is 0 Å². The van der Waals surface area contributed by atoms with Gasteiger partial charge in [0.05, 0.1) is 5.69 Å². The number of aromatic nitrogens is 2. The Morgan fingerprint density at radius 1 is 1.12 bits per heavy atom. The van der Waals surface area contributed by atoms with Gasteiger partial charge in [-0.15, -0.1) is 0 Å². The lowest BCUT2D eigenvalue weighted by Crippen LogP contribution is -2.16. The molecule has 0 atom stereocenters. The summed E-state index contributed by atoms with van der Waals surface area (Å²) in [5.74, 6) is 0.896. The van der Waals surface area contributed by atoms with E-state index in [-0.39, 0.29) is 0 Å². The van der Waals surface area contributed by atoms with Crippen LogP contribution < -0.4 is 0 Å². The van der Waals surface area contributed by atoms with Crippen molar-refractivity contribution >= 4 is 0 Å². The highest BCUT2D eigenvalue weighted by Gasteiger charge is 2.21. The molecule has 1 saturated carbocycles. The van der Waals surface area contributed by atoms with Crippen molar-refractivity contribution in [3.63, 3.8) is 0 Å². The van der Waals surface area contributed by atoms with E-state index >= 15 is 0 Å². The maximum Gasteiger partial charge on any atom is 0.0659 e. The largest absolute Gasteiger partial charge is 0.269 e. The van der Waals surface area contributed by atoms with Crippen LogP contribution in [-0.4, -0.2) is 9.78 Å². The Labute approximate surface area is 98.0 Å². The average Bonchev–Trinajstić information content (AvgIpc) is 2.86. The van der Waals surface area contributed by atoms with Crippen molar-refractivity contribution in [1.29, 1.82) is 0 Å². The second-order valence-electron chi connectivity index (χ2n) is 5.55. The van der Waals surface area contributed by atoms with Crippen molar-refractivity contribution in [3.05, 3.63) is 17.0 Å². The number of rotatable bonds is 2. The van der Waals surface area contributed by atoms with Crippen LogP contribution in [0.3, 0.4) is 0 Å². The second kappa shape index (κ2) is 4.23. The summed E-state index contributed by atoms with van der Waals surface area (Å²) in [6.45, 7) is 3.44. The van der Waals surface area contributed by atoms with Gasteiger partial charge >= 0.3 is 0 Å². The Hall–Kier alpha value is -0.790. The highest BCUT2D eigenvalue weighted by molar-refractivity contribution is 5.29. The van der Waals surface area contributed by atoms with Crippen LogP contribution in [0.1, 0.15) is 55.5 Å². The summed E-state index contributed by atoms with van der Waals surface area (Å²) >= 11 is 0. The van der Waals surface area contributed by atoms with E-state index in [1.807, 2.05) is 0 Å². The fourth-order valence-corrected chi connectivity index (χ4v) is 3.40. The smallest absolute Gasteiger partial charge is 0.0659 e. The molecular formula is C14H22N2. The highest BCUT2D eigenvalue weighted by Crippen LogP contribution is 2.28. The van der Waals surface area contributed by atoms with Crippen molar-refractivity contribution in [2.75, 3.05) is 0 Å². The molecule has 0 aliphatic heterocycles. The Morgan fingerprint density at radius 3 is 2.69 bits per heavy atom. The van der Waals surface area contributed by atoms with E-state index in [9.17, 15) is 0 Å². The molecule has 0 bridgehead atoms. The van der Waals surface area contributed by atoms with Gasteiger partial charge in [-0.25, -0.2) is 0 Å². The van der Waals surface area contributed by atoms with Crippen LogP contribution >= 0.6 is 0 Å². The van der Waals surface area contributed by atoms with Gasteiger partial charge in [-0.3, -0.25) is 4.68 Å². The van der Waals surface area contributed by atoms with E-state index in [0.717, 1.165) is 5.92 Å². The van der Waals surface area contributed by atoms with E-state index < -0.39 is 0 Å². The average molecular weight is 218 g/mol. The third-order valence-electron chi connectivity index (χ3n) is 4.41. The standard InChI is InChI=1S/C14H22N2/c1-11-13-8-5-9-14(13)15-16(11)10-12-6-3-2-4-7-12/h12H,2-10H2,1H3. The van der Waals surface area contributed by atoms with Gasteiger partial charge in [-0.2, -0.15) is 5.10 Å². The summed E-state index contributed by atoms with van der Waals surface area (Å²) in [4.78, 5) is 0. The minimum absolute atomic E-state index is 0.896. The minimum Gasteiger partial charge on any atom is -0.269 e. The molecule has 0 radical (unpaired) electrons. The molecule has 2 aliphatic carbocycles. The number of hydrogen-bond acceptors (Lipinski definition) is 1. The number of hydrogen-bond donors (Lipinski definition) is 0. The fraction of sp³-hybridized carbons (Fsp3) is 0.786. The topological polar surface area (TPSA) is 17.8 Å². The van der Waals surface area contributed by atoms with Crippen molar-refractivity contribution in [2.24, 2.45) is 5.92 Å². The van der Waals surface area contributed by atoms with Crippen molar-refractivity contribution in [2.45, 2.75) is 64.8 Å². The van der Waals surface area contributed by atoms with Gasteiger partial charge in [0, 0.05) is 12.2 Å². The number of fused-ring (bicyclic) bond motifs is 1. The molecule has 2 aliphatic rings. The first-order valence-electron chi connectivity index (χ1n) is 6.90. The molecular weight excluding hydrogens is 196 g/mol. The Balaban J connectivity index is 1.74. The number of nitrogens with zero attached hydrogens (tertiary/aromatic N) is 2. The normalized spacial score (nSPS) is 21.3. The lowest BCUT2D eigenvalue weighted by atomic mass is 9.89. The minimum atomic E-state index is 0.896. The molecule has 2 nitrogen and oxygen atoms in total. The SMILES string of the molecule is Cc1c2c(nn1CC1CCCCC1)CCC2. The van der Waals surface area contributed by atoms with Crippen LogP contribution in [0, 0.1) is 12.8 Å². The summed E-state index contributed by atoms with van der Waals surface area (Å²) in [7, 11) is 0. The van der Waals surface area contributed by atoms with Gasteiger partial charge in [-0.1, -0.05) is 19.3 Å². The van der Waals surface area contributed by atoms with Crippen molar-refractivity contribution in [3.8, 4) is 0 Å². The van der Waals surface area contributed by atoms with Gasteiger partial charge in [0.15, 0.2) is 0 Å². The predicted octanol–water partition coefficient (Wildman–Crippen LogP) is 3.26. The third kappa shape index (κ3) is 1.79. The molecule has 0 amide bonds. The van der Waals surface area contributed by atoms with Gasteiger partial charge in [0.1, 0.15) is 0 Å². The fourth-order valence-electron chi connectivity index (χ4n) is 3.40. The third-order valence-corrected chi connectivity index (χ3v) is 4.41. The van der Waals surface area contributed by atoms with E-state index in [1.54, 1.807) is 5.56 Å². The van der Waals surface area contributed by atoms with Crippen molar-refractivity contribution < 1.29 is 0 Å². The van der Waals surface area contributed by atoms with Crippen LogP contribution in [0.25, 0.3) is 0 Å². The summed E-state index contributed by atoms with van der Waals surface area (Å²) in [6.07, 6.45) is 11.0. The second-order valence-corrected chi connectivity index (χ2v) is 5.55. The molecule has 1 aromatic heterocycles. The van der Waals surface area contributed by atoms with Crippen LogP contribution in [0.5, 0.6) is 0 Å². The Kier molecular flexibility index (Phi) is 2.74. The van der Waals surface area contributed by atoms with Crippen molar-refractivity contribution in [1.82, 2.24) is 9.78 Å². The zero-order valence-corrected chi connectivity index (χ0v) is 10.3. The highest BCUT2D eigenvalue weighted by atomic mass is 15.3. The Morgan fingerprint density at radius 2 is 1.94 bits per heavy atom. The first-order valence-corrected chi connectivity index (χ1v) is 6.90. The summed E-state index contributed by atoms with van der Waals surface area (Å²) in [6, 6.07) is 0. The molecule has 1 fully saturated rings. The molecule has 2 heteroatoms. The lowest BCUT2D eigenvalue weighted by molar-refractivity contribution is 0.305. The van der Waals surface area contributed by atoms with Crippen LogP contribution in [0.4, 0.5) is 0 Å². The Bertz CT molecular complexity index is 372. The quantitative estimate of drug-likeness (QED) is 0.745. The van der Waals surface area contributed by atoms with Crippen LogP contribution in [0.15, 0.2) is 0 Å². The molecule has 16 heavy (non-hydrogen) atoms. The molecule has 1 heterocycles. The van der Waals surface area contributed by atoms with Gasteiger partial charge in [-0.05, 0) is 50.5 Å². The van der Waals surface area contributed by atoms with E-state index in [0.29, 0.717) is 0 Å². The van der Waals surface area contributed by atoms with E-state index in [2.05, 4.69) is 11.6 Å². The van der Waals surface area contributed by atoms with Gasteiger partial charge in [0.2, 0.25) is 0 Å². The first-order chi connectivity index (χ1) is 7.84. The zero-order chi connectivity index (χ0) is 11.0. The molecule has 1 aromatic rings. The molecule has 0 saturated heterocycles. The maximum atomic E-state index is 4.80. The van der Waals surface area contributed by atoms with Crippen LogP contribution in [-0.2, 0) is 19.4 Å². The summed E-state index contributed by atoms with van der Waals surface area (Å²) < 4.78 is 2.31. The monoisotopic (exact) mass is 218 g/mol. The maximum absolute atomic E-state index is 4.80. The zero-order valence-electron chi connectivity index (χ0n) is 10.3. The molecule has 0 spiro atoms. The first kappa shape index (κ1) is 10.4. The predicted molar refractivity (Wildman–Crippen MR) is 65.6 cm³/mol.